The molecule has 0 saturated carbocycles. The molecule has 1 aromatic carbocycles. The Hall–Kier alpha value is -2.49. The lowest BCUT2D eigenvalue weighted by Gasteiger charge is -2.41. The molecule has 8 nitrogen and oxygen atoms in total. The maximum absolute atomic E-state index is 14.6. The molecule has 41 heavy (non-hydrogen) atoms. The van der Waals surface area contributed by atoms with Crippen molar-refractivity contribution in [3.63, 3.8) is 0 Å². The maximum atomic E-state index is 14.6. The molecule has 4 rings (SSSR count). The van der Waals surface area contributed by atoms with Gasteiger partial charge >= 0.3 is 5.97 Å². The zero-order chi connectivity index (χ0) is 29.7. The number of aliphatic hydroxyl groups excluding tert-OH is 1. The Balaban J connectivity index is 1.76. The molecule has 224 valence electrons. The minimum Gasteiger partial charge on any atom is -0.465 e. The molecule has 2 amide bonds. The van der Waals surface area contributed by atoms with Crippen molar-refractivity contribution in [1.29, 1.82) is 0 Å². The van der Waals surface area contributed by atoms with Crippen molar-refractivity contribution in [3.05, 3.63) is 61.2 Å². The third-order valence-corrected chi connectivity index (χ3v) is 9.64. The van der Waals surface area contributed by atoms with Crippen LogP contribution in [0.15, 0.2) is 55.6 Å². The van der Waals surface area contributed by atoms with Gasteiger partial charge < -0.3 is 24.4 Å². The molecular weight excluding hydrogens is 588 g/mol. The van der Waals surface area contributed by atoms with Crippen molar-refractivity contribution >= 4 is 33.7 Å². The minimum absolute atomic E-state index is 0.0939. The number of likely N-dealkylation sites (tertiary alicyclic amines) is 1. The SMILES string of the molecule is C=CCCCOC(=O)[C@H]1[C@@H]2OC3(CC2Br)C(C(=O)N(CC=C)C(C)CCC)N([C@@H](CO)Cc2ccccc2)C(=O)[C@H]13. The normalized spacial score (nSPS) is 29.6. The molecule has 3 aliphatic rings. The van der Waals surface area contributed by atoms with E-state index < -0.39 is 41.6 Å². The first kappa shape index (κ1) is 31.4. The number of alkyl halides is 1. The summed E-state index contributed by atoms with van der Waals surface area (Å²) in [5.41, 5.74) is -0.281. The fourth-order valence-corrected chi connectivity index (χ4v) is 7.94. The van der Waals surface area contributed by atoms with E-state index in [2.05, 4.69) is 36.0 Å². The number of carbonyl (C=O) groups is 3. The lowest BCUT2D eigenvalue weighted by Crippen LogP contribution is -2.60. The van der Waals surface area contributed by atoms with Crippen LogP contribution in [0, 0.1) is 11.8 Å². The van der Waals surface area contributed by atoms with E-state index >= 15 is 0 Å². The summed E-state index contributed by atoms with van der Waals surface area (Å²) in [5, 5.41) is 10.6. The molecule has 4 unspecified atom stereocenters. The molecule has 0 radical (unpaired) electrons. The van der Waals surface area contributed by atoms with Crippen molar-refractivity contribution in [2.24, 2.45) is 11.8 Å². The lowest BCUT2D eigenvalue weighted by molar-refractivity contribution is -0.156. The molecule has 3 fully saturated rings. The summed E-state index contributed by atoms with van der Waals surface area (Å²) in [6.45, 7) is 11.8. The number of allylic oxidation sites excluding steroid dienone is 1. The van der Waals surface area contributed by atoms with Crippen LogP contribution in [0.1, 0.15) is 51.5 Å². The highest BCUT2D eigenvalue weighted by Gasteiger charge is 2.77. The van der Waals surface area contributed by atoms with Crippen molar-refractivity contribution in [2.75, 3.05) is 19.8 Å². The number of esters is 1. The van der Waals surface area contributed by atoms with Gasteiger partial charge in [0, 0.05) is 17.4 Å². The van der Waals surface area contributed by atoms with Crippen LogP contribution in [0.25, 0.3) is 0 Å². The number of benzene rings is 1. The number of hydrogen-bond acceptors (Lipinski definition) is 6. The van der Waals surface area contributed by atoms with Gasteiger partial charge in [-0.2, -0.15) is 0 Å². The van der Waals surface area contributed by atoms with Gasteiger partial charge in [0.2, 0.25) is 11.8 Å². The molecule has 1 spiro atoms. The quantitative estimate of drug-likeness (QED) is 0.136. The molecule has 3 saturated heterocycles. The molecule has 3 aliphatic heterocycles. The fraction of sp³-hybridized carbons (Fsp3) is 0.594. The van der Waals surface area contributed by atoms with Crippen LogP contribution in [-0.4, -0.2) is 87.1 Å². The van der Waals surface area contributed by atoms with Crippen molar-refractivity contribution in [2.45, 2.75) is 87.0 Å². The van der Waals surface area contributed by atoms with Gasteiger partial charge in [-0.25, -0.2) is 0 Å². The first-order chi connectivity index (χ1) is 19.7. The maximum Gasteiger partial charge on any atom is 0.312 e. The molecular formula is C32H43BrN2O6. The highest BCUT2D eigenvalue weighted by molar-refractivity contribution is 9.09. The van der Waals surface area contributed by atoms with E-state index in [9.17, 15) is 19.5 Å². The topological polar surface area (TPSA) is 96.4 Å². The fourth-order valence-electron chi connectivity index (χ4n) is 7.00. The van der Waals surface area contributed by atoms with Gasteiger partial charge in [-0.05, 0) is 44.6 Å². The third-order valence-electron chi connectivity index (χ3n) is 8.80. The van der Waals surface area contributed by atoms with E-state index in [0.717, 1.165) is 18.4 Å². The average Bonchev–Trinajstić information content (AvgIpc) is 3.56. The number of ether oxygens (including phenoxy) is 2. The van der Waals surface area contributed by atoms with Gasteiger partial charge in [0.1, 0.15) is 11.6 Å². The Kier molecular flexibility index (Phi) is 10.5. The van der Waals surface area contributed by atoms with E-state index in [1.807, 2.05) is 37.3 Å². The Morgan fingerprint density at radius 2 is 2.02 bits per heavy atom. The summed E-state index contributed by atoms with van der Waals surface area (Å²) < 4.78 is 12.3. The lowest BCUT2D eigenvalue weighted by atomic mass is 9.70. The number of unbranched alkanes of at least 4 members (excludes halogenated alkanes) is 1. The average molecular weight is 632 g/mol. The number of aliphatic hydroxyl groups is 1. The number of hydrogen-bond donors (Lipinski definition) is 1. The number of fused-ring (bicyclic) bond motifs is 1. The van der Waals surface area contributed by atoms with E-state index in [-0.39, 0.29) is 35.9 Å². The Labute approximate surface area is 251 Å². The first-order valence-corrected chi connectivity index (χ1v) is 15.6. The number of amides is 2. The largest absolute Gasteiger partial charge is 0.465 e. The monoisotopic (exact) mass is 630 g/mol. The van der Waals surface area contributed by atoms with E-state index in [4.69, 9.17) is 9.47 Å². The second-order valence-electron chi connectivity index (χ2n) is 11.5. The molecule has 2 bridgehead atoms. The van der Waals surface area contributed by atoms with Crippen molar-refractivity contribution < 1.29 is 29.0 Å². The third kappa shape index (κ3) is 5.90. The molecule has 1 aromatic rings. The van der Waals surface area contributed by atoms with Gasteiger partial charge in [0.15, 0.2) is 0 Å². The molecule has 0 aliphatic carbocycles. The predicted octanol–water partition coefficient (Wildman–Crippen LogP) is 4.05. The molecule has 3 heterocycles. The minimum atomic E-state index is -1.22. The van der Waals surface area contributed by atoms with Gasteiger partial charge in [-0.1, -0.05) is 71.8 Å². The summed E-state index contributed by atoms with van der Waals surface area (Å²) >= 11 is 3.71. The van der Waals surface area contributed by atoms with E-state index in [1.54, 1.807) is 17.1 Å². The second-order valence-corrected chi connectivity index (χ2v) is 12.6. The van der Waals surface area contributed by atoms with E-state index in [0.29, 0.717) is 32.2 Å². The zero-order valence-electron chi connectivity index (χ0n) is 24.1. The molecule has 8 atom stereocenters. The van der Waals surface area contributed by atoms with Gasteiger partial charge in [-0.3, -0.25) is 14.4 Å². The van der Waals surface area contributed by atoms with Crippen molar-refractivity contribution in [1.82, 2.24) is 9.80 Å². The number of halogens is 1. The number of rotatable bonds is 15. The van der Waals surface area contributed by atoms with Gasteiger partial charge in [0.25, 0.3) is 0 Å². The second kappa shape index (κ2) is 13.7. The molecule has 1 N–H and O–H groups in total. The van der Waals surface area contributed by atoms with Crippen LogP contribution in [0.2, 0.25) is 0 Å². The summed E-state index contributed by atoms with van der Waals surface area (Å²) in [4.78, 5) is 45.6. The Morgan fingerprint density at radius 1 is 1.29 bits per heavy atom. The molecule has 9 heteroatoms. The summed E-state index contributed by atoms with van der Waals surface area (Å²) in [7, 11) is 0. The summed E-state index contributed by atoms with van der Waals surface area (Å²) in [6.07, 6.45) is 6.65. The van der Waals surface area contributed by atoms with Crippen LogP contribution >= 0.6 is 15.9 Å². The van der Waals surface area contributed by atoms with Crippen LogP contribution < -0.4 is 0 Å². The Morgan fingerprint density at radius 3 is 2.66 bits per heavy atom. The summed E-state index contributed by atoms with van der Waals surface area (Å²) in [6, 6.07) is 7.83. The highest BCUT2D eigenvalue weighted by atomic mass is 79.9. The first-order valence-electron chi connectivity index (χ1n) is 14.7. The Bertz CT molecular complexity index is 1110. The van der Waals surface area contributed by atoms with Crippen LogP contribution in [-0.2, 0) is 30.3 Å². The van der Waals surface area contributed by atoms with Crippen LogP contribution in [0.3, 0.4) is 0 Å². The number of carbonyl (C=O) groups excluding carboxylic acids is 3. The highest BCUT2D eigenvalue weighted by Crippen LogP contribution is 2.60. The standard InChI is InChI=1S/C32H43BrN2O6/c1-5-8-12-17-40-31(39)25-26-29(37)35(23(20-36)18-22-14-10-9-11-15-22)28(32(26)19-24(33)27(25)41-32)30(38)34(16-7-3)21(4)13-6-2/h5,7,9-11,14-15,21,23-28,36H,1,3,6,8,12-13,16-20H2,2,4H3/t21?,23-,24?,25-,26+,27-,28?,32?/m1/s1. The zero-order valence-corrected chi connectivity index (χ0v) is 25.7. The smallest absolute Gasteiger partial charge is 0.312 e. The van der Waals surface area contributed by atoms with E-state index in [1.165, 1.54) is 4.90 Å². The van der Waals surface area contributed by atoms with Gasteiger partial charge in [0.05, 0.1) is 37.2 Å². The molecule has 0 aromatic heterocycles. The van der Waals surface area contributed by atoms with Gasteiger partial charge in [-0.15, -0.1) is 13.2 Å². The van der Waals surface area contributed by atoms with Crippen molar-refractivity contribution in [3.8, 4) is 0 Å². The van der Waals surface area contributed by atoms with Crippen LogP contribution in [0.5, 0.6) is 0 Å². The predicted molar refractivity (Wildman–Crippen MR) is 160 cm³/mol. The summed E-state index contributed by atoms with van der Waals surface area (Å²) in [5.74, 6) is -2.79. The van der Waals surface area contributed by atoms with Crippen LogP contribution in [0.4, 0.5) is 0 Å². The number of nitrogens with zero attached hydrogens (tertiary/aromatic N) is 2.